The number of rotatable bonds is 6. The van der Waals surface area contributed by atoms with Gasteiger partial charge in [0.1, 0.15) is 18.2 Å². The minimum absolute atomic E-state index is 0. The van der Waals surface area contributed by atoms with E-state index >= 15 is 0 Å². The minimum atomic E-state index is -0.245. The van der Waals surface area contributed by atoms with Crippen molar-refractivity contribution in [3.05, 3.63) is 6.42 Å². The Morgan fingerprint density at radius 1 is 0.556 bits per heavy atom. The van der Waals surface area contributed by atoms with Crippen LogP contribution in [0.5, 0.6) is 0 Å². The van der Waals surface area contributed by atoms with E-state index in [4.69, 9.17) is 11.2 Å². The summed E-state index contributed by atoms with van der Waals surface area (Å²) in [6, 6.07) is 0. The zero-order chi connectivity index (χ0) is 46.9. The Morgan fingerprint density at radius 2 is 0.810 bits per heavy atom. The lowest BCUT2D eigenvalue weighted by Crippen LogP contribution is -2.16. The lowest BCUT2D eigenvalue weighted by molar-refractivity contribution is -0.138. The Hall–Kier alpha value is -6.19. The van der Waals surface area contributed by atoms with Gasteiger partial charge in [-0.1, -0.05) is 58.9 Å². The van der Waals surface area contributed by atoms with E-state index < -0.39 is 0 Å². The number of terminal acetylenes is 1. The molecule has 0 aliphatic carbocycles. The van der Waals surface area contributed by atoms with Crippen LogP contribution in [0.3, 0.4) is 0 Å². The molecule has 4 N–H and O–H groups in total. The summed E-state index contributed by atoms with van der Waals surface area (Å²) < 4.78 is 16.8. The van der Waals surface area contributed by atoms with Crippen molar-refractivity contribution >= 4 is 59.4 Å². The maximum Gasteiger partial charge on any atom is 0.302 e. The number of amides is 4. The Balaban J connectivity index is -0.0000000251. The minimum Gasteiger partial charge on any atom is -0.469 e. The first-order valence-electron chi connectivity index (χ1n) is 15.9. The number of ether oxygens (including phenoxy) is 4. The van der Waals surface area contributed by atoms with E-state index in [-0.39, 0.29) is 118 Å². The van der Waals surface area contributed by atoms with E-state index in [9.17, 15) is 43.2 Å². The fourth-order valence-electron chi connectivity index (χ4n) is 0.604. The van der Waals surface area contributed by atoms with Gasteiger partial charge in [-0.15, -0.1) is 12.3 Å². The molecule has 18 nitrogen and oxygen atoms in total. The second-order valence-electron chi connectivity index (χ2n) is 8.95. The molecule has 0 aliphatic rings. The predicted octanol–water partition coefficient (Wildman–Crippen LogP) is 5.63. The molecule has 0 saturated heterocycles. The van der Waals surface area contributed by atoms with Crippen molar-refractivity contribution in [1.82, 2.24) is 21.3 Å². The highest BCUT2D eigenvalue weighted by Crippen LogP contribution is 1.82. The molecule has 0 bridgehead atoms. The second kappa shape index (κ2) is 111. The topological polar surface area (TPSA) is 256 Å². The van der Waals surface area contributed by atoms with Crippen LogP contribution in [0.1, 0.15) is 134 Å². The van der Waals surface area contributed by atoms with Crippen molar-refractivity contribution in [2.45, 2.75) is 134 Å². The number of methoxy groups -OCH3 is 4. The van der Waals surface area contributed by atoms with Crippen LogP contribution in [0.25, 0.3) is 0 Å². The van der Waals surface area contributed by atoms with E-state index in [0.717, 1.165) is 0 Å². The van der Waals surface area contributed by atoms with Crippen molar-refractivity contribution in [3.63, 3.8) is 0 Å². The van der Waals surface area contributed by atoms with Crippen LogP contribution in [-0.4, -0.2) is 123 Å². The van der Waals surface area contributed by atoms with Gasteiger partial charge in [0.2, 0.25) is 24.1 Å². The number of ketones is 3. The molecule has 0 aliphatic heterocycles. The Morgan fingerprint density at radius 3 is 0.921 bits per heavy atom. The van der Waals surface area contributed by atoms with Gasteiger partial charge < -0.3 is 49.8 Å². The zero-order valence-electron chi connectivity index (χ0n) is 36.6. The lowest BCUT2D eigenvalue weighted by atomic mass is 10.3. The van der Waals surface area contributed by atoms with Gasteiger partial charge in [-0.05, 0) is 46.0 Å². The van der Waals surface area contributed by atoms with Crippen molar-refractivity contribution in [1.29, 1.82) is 0 Å². The molecule has 0 spiro atoms. The smallest absolute Gasteiger partial charge is 0.302 e. The molecule has 4 amide bonds. The normalized spacial score (nSPS) is 5.98. The molecule has 0 aromatic rings. The fraction of sp³-hybridized carbons (Fsp3) is 0.622. The Bertz CT molecular complexity index is 1100. The molecule has 0 heterocycles. The van der Waals surface area contributed by atoms with Crippen LogP contribution < -0.4 is 21.3 Å². The van der Waals surface area contributed by atoms with Crippen molar-refractivity contribution in [2.24, 2.45) is 0 Å². The highest BCUT2D eigenvalue weighted by Gasteiger charge is 1.87. The van der Waals surface area contributed by atoms with Crippen LogP contribution in [0.2, 0.25) is 0 Å². The highest BCUT2D eigenvalue weighted by molar-refractivity contribution is 5.77. The van der Waals surface area contributed by atoms with Crippen LogP contribution in [-0.2, 0) is 66.9 Å². The van der Waals surface area contributed by atoms with Gasteiger partial charge >= 0.3 is 17.9 Å². The van der Waals surface area contributed by atoms with Crippen molar-refractivity contribution in [3.8, 4) is 36.0 Å². The molecule has 0 saturated carbocycles. The van der Waals surface area contributed by atoms with Gasteiger partial charge in [0.05, 0.1) is 21.3 Å². The largest absolute Gasteiger partial charge is 0.469 e. The average Bonchev–Trinajstić information content (AvgIpc) is 3.14. The summed E-state index contributed by atoms with van der Waals surface area (Å²) in [5.74, 6) is 11.6. The SMILES string of the molecule is C.C.C.C.C.C.C.C#CC#CC#C[CH-]CC(=O)NC.CC(C)=O.CCC(C)=O.CNC(C)=O.CNC(C)=O.CNC=O.COC(C)=O.COC(C)=O.COC(C)=O.COCC(C)=O. The zero-order valence-corrected chi connectivity index (χ0v) is 36.6. The molecular formula is C45H95N4O14-. The molecule has 0 unspecified atom stereocenters. The summed E-state index contributed by atoms with van der Waals surface area (Å²) in [6.45, 7) is 15.2. The van der Waals surface area contributed by atoms with Crippen LogP contribution in [0.4, 0.5) is 0 Å². The molecule has 63 heavy (non-hydrogen) atoms. The third-order valence-corrected chi connectivity index (χ3v) is 3.47. The molecule has 0 radical (unpaired) electrons. The quantitative estimate of drug-likeness (QED) is 0.0829. The third kappa shape index (κ3) is 412. The Kier molecular flexibility index (Phi) is 197. The van der Waals surface area contributed by atoms with Gasteiger partial charge in [-0.3, -0.25) is 44.3 Å². The maximum absolute atomic E-state index is 10.6. The Labute approximate surface area is 386 Å². The molecular weight excluding hydrogens is 821 g/mol. The molecule has 18 heteroatoms. The number of nitrogens with one attached hydrogen (secondary N) is 4. The van der Waals surface area contributed by atoms with Gasteiger partial charge in [-0.25, -0.2) is 5.92 Å². The number of carbonyl (C=O) groups excluding carboxylic acids is 10. The first-order chi connectivity index (χ1) is 25.8. The summed E-state index contributed by atoms with van der Waals surface area (Å²) in [7, 11) is 11.9. The van der Waals surface area contributed by atoms with E-state index in [2.05, 4.69) is 69.8 Å². The number of hydrogen-bond acceptors (Lipinski definition) is 14. The predicted molar refractivity (Wildman–Crippen MR) is 262 cm³/mol. The van der Waals surface area contributed by atoms with Gasteiger partial charge in [-0.2, -0.15) is 6.42 Å². The van der Waals surface area contributed by atoms with Gasteiger partial charge in [0, 0.05) is 76.3 Å². The standard InChI is InChI=1S/C10H8NO.C4H8O2.C4H8O.2C3H7NO.3C3H6O2.C3H6O.C2H5NO.7CH4/c1-3-4-5-6-7-8-9-10(12)11-2;1-4(5)3-6-2;1-3-4(2)5;2*1-3(5)4-2;3*1-3(4)5-2;1-3(2)4;1-3-2-4;;;;;;;/h1,8H,9H2,2H3,(H,11,12);3H2,1-2H3;3H2,1-2H3;2*1-2H3,(H,4,5);3*1-2H3;1-2H3;2H,1H3,(H,3,4);7*1H4/q-1;;;;;;;;;;;;;;;;. The lowest BCUT2D eigenvalue weighted by Gasteiger charge is -1.97. The number of hydrogen-bond donors (Lipinski definition) is 4. The summed E-state index contributed by atoms with van der Waals surface area (Å²) in [5.41, 5.74) is 0. The average molecular weight is 916 g/mol. The second-order valence-corrected chi connectivity index (χ2v) is 8.95. The monoisotopic (exact) mass is 916 g/mol. The molecule has 0 fully saturated rings. The van der Waals surface area contributed by atoms with Gasteiger partial charge in [0.25, 0.3) is 0 Å². The summed E-state index contributed by atoms with van der Waals surface area (Å²) >= 11 is 0. The molecule has 0 aromatic carbocycles. The van der Waals surface area contributed by atoms with E-state index in [1.165, 1.54) is 90.2 Å². The summed E-state index contributed by atoms with van der Waals surface area (Å²) in [5, 5.41) is 9.49. The van der Waals surface area contributed by atoms with Crippen molar-refractivity contribution in [2.75, 3.05) is 63.2 Å². The highest BCUT2D eigenvalue weighted by atomic mass is 16.5. The van der Waals surface area contributed by atoms with Gasteiger partial charge in [0.15, 0.2) is 5.78 Å². The van der Waals surface area contributed by atoms with E-state index in [1.807, 2.05) is 6.92 Å². The first-order valence-corrected chi connectivity index (χ1v) is 15.9. The molecule has 0 rings (SSSR count). The van der Waals surface area contributed by atoms with E-state index in [0.29, 0.717) is 12.8 Å². The number of Topliss-reactive ketones (excluding diaryl/α,β-unsaturated/α-hetero) is 3. The summed E-state index contributed by atoms with van der Waals surface area (Å²) in [4.78, 5) is 97.0. The maximum atomic E-state index is 10.6. The molecule has 0 aromatic heterocycles. The number of carbonyl (C=O) groups is 10. The third-order valence-electron chi connectivity index (χ3n) is 3.47. The number of esters is 3. The molecule has 0 atom stereocenters. The first kappa shape index (κ1) is 112. The summed E-state index contributed by atoms with van der Waals surface area (Å²) in [6.07, 6.45) is 7.95. The molecule has 380 valence electrons. The fourth-order valence-corrected chi connectivity index (χ4v) is 0.604. The van der Waals surface area contributed by atoms with Crippen molar-refractivity contribution < 1.29 is 66.9 Å². The van der Waals surface area contributed by atoms with Crippen LogP contribution in [0, 0.1) is 42.4 Å². The van der Waals surface area contributed by atoms with Crippen LogP contribution >= 0.6 is 0 Å². The van der Waals surface area contributed by atoms with Crippen LogP contribution in [0.15, 0.2) is 0 Å². The van der Waals surface area contributed by atoms with E-state index in [1.54, 1.807) is 35.1 Å².